The SMILES string of the molecule is CC.COP(=O)(OC)C1OC(=O)c2ccccc21. The molecule has 1 unspecified atom stereocenters. The van der Waals surface area contributed by atoms with Gasteiger partial charge in [0.05, 0.1) is 5.56 Å². The van der Waals surface area contributed by atoms with E-state index < -0.39 is 19.4 Å². The third-order valence-corrected chi connectivity index (χ3v) is 4.44. The Kier molecular flexibility index (Phi) is 5.08. The molecule has 0 fully saturated rings. The van der Waals surface area contributed by atoms with Crippen molar-refractivity contribution in [2.45, 2.75) is 19.7 Å². The first kappa shape index (κ1) is 14.9. The summed E-state index contributed by atoms with van der Waals surface area (Å²) in [6, 6.07) is 6.75. The maximum absolute atomic E-state index is 12.1. The van der Waals surface area contributed by atoms with Gasteiger partial charge in [0.2, 0.25) is 5.85 Å². The summed E-state index contributed by atoms with van der Waals surface area (Å²) in [4.78, 5) is 11.5. The Morgan fingerprint density at radius 1 is 1.17 bits per heavy atom. The molecule has 0 N–H and O–H groups in total. The van der Waals surface area contributed by atoms with Gasteiger partial charge in [0, 0.05) is 19.8 Å². The summed E-state index contributed by atoms with van der Waals surface area (Å²) in [6.45, 7) is 4.00. The van der Waals surface area contributed by atoms with Crippen LogP contribution < -0.4 is 0 Å². The van der Waals surface area contributed by atoms with E-state index in [0.717, 1.165) is 0 Å². The molecule has 100 valence electrons. The van der Waals surface area contributed by atoms with Crippen molar-refractivity contribution in [1.82, 2.24) is 0 Å². The summed E-state index contributed by atoms with van der Waals surface area (Å²) in [5.74, 6) is -1.47. The molecule has 5 nitrogen and oxygen atoms in total. The second-order valence-corrected chi connectivity index (χ2v) is 5.53. The molecule has 0 aromatic heterocycles. The van der Waals surface area contributed by atoms with Crippen LogP contribution in [-0.2, 0) is 18.3 Å². The maximum Gasteiger partial charge on any atom is 0.375 e. The summed E-state index contributed by atoms with van der Waals surface area (Å²) >= 11 is 0. The van der Waals surface area contributed by atoms with E-state index in [-0.39, 0.29) is 0 Å². The van der Waals surface area contributed by atoms with Gasteiger partial charge in [-0.1, -0.05) is 32.0 Å². The van der Waals surface area contributed by atoms with Crippen molar-refractivity contribution in [1.29, 1.82) is 0 Å². The van der Waals surface area contributed by atoms with Crippen molar-refractivity contribution in [3.05, 3.63) is 35.4 Å². The molecule has 1 atom stereocenters. The Morgan fingerprint density at radius 3 is 2.28 bits per heavy atom. The first-order valence-corrected chi connectivity index (χ1v) is 7.24. The molecule has 1 aromatic rings. The fraction of sp³-hybridized carbons (Fsp3) is 0.417. The zero-order valence-electron chi connectivity index (χ0n) is 10.9. The molecular weight excluding hydrogens is 255 g/mol. The smallest absolute Gasteiger partial charge is 0.375 e. The van der Waals surface area contributed by atoms with Gasteiger partial charge in [0.15, 0.2) is 0 Å². The summed E-state index contributed by atoms with van der Waals surface area (Å²) in [5, 5.41) is 0. The Morgan fingerprint density at radius 2 is 1.72 bits per heavy atom. The second-order valence-electron chi connectivity index (χ2n) is 3.25. The van der Waals surface area contributed by atoms with E-state index in [4.69, 9.17) is 13.8 Å². The fourth-order valence-corrected chi connectivity index (χ4v) is 2.95. The fourth-order valence-electron chi connectivity index (χ4n) is 1.63. The lowest BCUT2D eigenvalue weighted by Gasteiger charge is -2.19. The van der Waals surface area contributed by atoms with E-state index >= 15 is 0 Å². The predicted octanol–water partition coefficient (Wildman–Crippen LogP) is 3.37. The average Bonchev–Trinajstić information content (AvgIpc) is 2.79. The molecule has 0 aliphatic carbocycles. The van der Waals surface area contributed by atoms with Gasteiger partial charge >= 0.3 is 13.6 Å². The lowest BCUT2D eigenvalue weighted by molar-refractivity contribution is 0.0456. The van der Waals surface area contributed by atoms with Gasteiger partial charge in [-0.05, 0) is 6.07 Å². The van der Waals surface area contributed by atoms with Crippen LogP contribution in [0.25, 0.3) is 0 Å². The third kappa shape index (κ3) is 2.48. The number of ether oxygens (including phenoxy) is 1. The lowest BCUT2D eigenvalue weighted by atomic mass is 10.1. The van der Waals surface area contributed by atoms with Crippen molar-refractivity contribution >= 4 is 13.6 Å². The Bertz CT molecular complexity index is 463. The van der Waals surface area contributed by atoms with Crippen molar-refractivity contribution in [2.75, 3.05) is 14.2 Å². The molecule has 2 rings (SSSR count). The molecule has 0 amide bonds. The molecule has 0 saturated carbocycles. The first-order chi connectivity index (χ1) is 8.62. The quantitative estimate of drug-likeness (QED) is 0.623. The minimum Gasteiger partial charge on any atom is -0.441 e. The van der Waals surface area contributed by atoms with Crippen molar-refractivity contribution in [3.63, 3.8) is 0 Å². The Hall–Kier alpha value is -1.16. The molecule has 0 radical (unpaired) electrons. The highest BCUT2D eigenvalue weighted by Gasteiger charge is 2.45. The molecule has 0 spiro atoms. The van der Waals surface area contributed by atoms with E-state index in [2.05, 4.69) is 0 Å². The van der Waals surface area contributed by atoms with E-state index in [1.54, 1.807) is 24.3 Å². The van der Waals surface area contributed by atoms with Crippen LogP contribution in [0.3, 0.4) is 0 Å². The standard InChI is InChI=1S/C10H11O5P.C2H6/c1-13-16(12,14-2)10-8-6-4-3-5-7(8)9(11)15-10;1-2/h3-6,10H,1-2H3;1-2H3. The topological polar surface area (TPSA) is 61.8 Å². The summed E-state index contributed by atoms with van der Waals surface area (Å²) in [5.41, 5.74) is 0.946. The zero-order chi connectivity index (χ0) is 13.8. The van der Waals surface area contributed by atoms with E-state index in [0.29, 0.717) is 11.1 Å². The normalized spacial score (nSPS) is 17.6. The van der Waals surface area contributed by atoms with Crippen LogP contribution in [0.2, 0.25) is 0 Å². The number of carbonyl (C=O) groups is 1. The van der Waals surface area contributed by atoms with Gasteiger partial charge in [-0.2, -0.15) is 0 Å². The van der Waals surface area contributed by atoms with Crippen LogP contribution in [0.1, 0.15) is 35.6 Å². The highest BCUT2D eigenvalue weighted by molar-refractivity contribution is 7.54. The van der Waals surface area contributed by atoms with Crippen LogP contribution in [0, 0.1) is 0 Å². The number of hydrogen-bond acceptors (Lipinski definition) is 5. The van der Waals surface area contributed by atoms with Gasteiger partial charge in [-0.3, -0.25) is 4.57 Å². The largest absolute Gasteiger partial charge is 0.441 e. The molecule has 0 bridgehead atoms. The average molecular weight is 272 g/mol. The Labute approximate surface area is 107 Å². The zero-order valence-corrected chi connectivity index (χ0v) is 11.8. The van der Waals surface area contributed by atoms with E-state index in [1.807, 2.05) is 13.8 Å². The first-order valence-electron chi connectivity index (χ1n) is 5.63. The van der Waals surface area contributed by atoms with Crippen molar-refractivity contribution < 1.29 is 23.1 Å². The van der Waals surface area contributed by atoms with Crippen LogP contribution in [-0.4, -0.2) is 20.2 Å². The summed E-state index contributed by atoms with van der Waals surface area (Å²) in [6.07, 6.45) is 0. The highest BCUT2D eigenvalue weighted by Crippen LogP contribution is 2.62. The number of esters is 1. The molecule has 1 aromatic carbocycles. The number of cyclic esters (lactones) is 1. The predicted molar refractivity (Wildman–Crippen MR) is 67.6 cm³/mol. The number of carbonyl (C=O) groups excluding carboxylic acids is 1. The second kappa shape index (κ2) is 6.14. The Balaban J connectivity index is 0.000000771. The molecule has 0 saturated heterocycles. The molecule has 18 heavy (non-hydrogen) atoms. The number of fused-ring (bicyclic) bond motifs is 1. The molecule has 1 aliphatic rings. The van der Waals surface area contributed by atoms with Crippen molar-refractivity contribution in [3.8, 4) is 0 Å². The minimum absolute atomic E-state index is 0.404. The number of benzene rings is 1. The summed E-state index contributed by atoms with van der Waals surface area (Å²) in [7, 11) is -0.916. The van der Waals surface area contributed by atoms with Crippen LogP contribution in [0.4, 0.5) is 0 Å². The minimum atomic E-state index is -3.44. The highest BCUT2D eigenvalue weighted by atomic mass is 31.2. The number of hydrogen-bond donors (Lipinski definition) is 0. The molecule has 1 aliphatic heterocycles. The van der Waals surface area contributed by atoms with E-state index in [1.165, 1.54) is 14.2 Å². The molecule has 6 heteroatoms. The van der Waals surface area contributed by atoms with E-state index in [9.17, 15) is 9.36 Å². The van der Waals surface area contributed by atoms with Gasteiger partial charge in [0.25, 0.3) is 0 Å². The van der Waals surface area contributed by atoms with Gasteiger partial charge in [-0.25, -0.2) is 4.79 Å². The summed E-state index contributed by atoms with van der Waals surface area (Å²) < 4.78 is 26.8. The molecular formula is C12H17O5P. The van der Waals surface area contributed by atoms with Crippen LogP contribution in [0.5, 0.6) is 0 Å². The van der Waals surface area contributed by atoms with Crippen LogP contribution >= 0.6 is 7.60 Å². The monoisotopic (exact) mass is 272 g/mol. The van der Waals surface area contributed by atoms with Gasteiger partial charge < -0.3 is 13.8 Å². The van der Waals surface area contributed by atoms with Crippen molar-refractivity contribution in [2.24, 2.45) is 0 Å². The molecule has 1 heterocycles. The van der Waals surface area contributed by atoms with Gasteiger partial charge in [-0.15, -0.1) is 0 Å². The van der Waals surface area contributed by atoms with Gasteiger partial charge in [0.1, 0.15) is 0 Å². The third-order valence-electron chi connectivity index (χ3n) is 2.46. The number of rotatable bonds is 3. The maximum atomic E-state index is 12.1. The van der Waals surface area contributed by atoms with Crippen LogP contribution in [0.15, 0.2) is 24.3 Å². The lowest BCUT2D eigenvalue weighted by Crippen LogP contribution is -2.03.